The highest BCUT2D eigenvalue weighted by Gasteiger charge is 2.46. The lowest BCUT2D eigenvalue weighted by Crippen LogP contribution is -2.53. The van der Waals surface area contributed by atoms with Crippen molar-refractivity contribution < 1.29 is 18.7 Å². The largest absolute Gasteiger partial charge is 0.367 e. The minimum absolute atomic E-state index is 0.0521. The van der Waals surface area contributed by atoms with Crippen LogP contribution in [0.2, 0.25) is 5.02 Å². The van der Waals surface area contributed by atoms with Crippen LogP contribution in [-0.2, 0) is 9.53 Å². The minimum Gasteiger partial charge on any atom is -0.367 e. The van der Waals surface area contributed by atoms with Crippen molar-refractivity contribution in [2.24, 2.45) is 0 Å². The molecule has 0 aromatic heterocycles. The van der Waals surface area contributed by atoms with Gasteiger partial charge in [0.05, 0.1) is 17.1 Å². The van der Waals surface area contributed by atoms with Gasteiger partial charge in [-0.15, -0.1) is 0 Å². The number of halogens is 2. The van der Waals surface area contributed by atoms with Crippen LogP contribution in [0, 0.1) is 5.82 Å². The molecule has 2 aliphatic heterocycles. The van der Waals surface area contributed by atoms with Crippen molar-refractivity contribution in [1.82, 2.24) is 4.90 Å². The number of ketones is 1. The molecule has 2 aliphatic rings. The molecule has 1 aromatic rings. The SMILES string of the molecule is O=C(c1c(F)cccc1Cl)N1CC[C@]2(CCCO2)C(=O)C1. The number of ether oxygens (including phenoxy) is 1. The Morgan fingerprint density at radius 2 is 2.19 bits per heavy atom. The van der Waals surface area contributed by atoms with Gasteiger partial charge in [-0.1, -0.05) is 17.7 Å². The van der Waals surface area contributed by atoms with E-state index in [2.05, 4.69) is 0 Å². The molecule has 4 nitrogen and oxygen atoms in total. The number of likely N-dealkylation sites (tertiary alicyclic amines) is 1. The van der Waals surface area contributed by atoms with E-state index in [0.717, 1.165) is 6.42 Å². The molecule has 0 radical (unpaired) electrons. The summed E-state index contributed by atoms with van der Waals surface area (Å²) in [5.74, 6) is -1.32. The molecule has 2 saturated heterocycles. The second-order valence-electron chi connectivity index (χ2n) is 5.44. The Hall–Kier alpha value is -1.46. The van der Waals surface area contributed by atoms with Crippen LogP contribution in [0.3, 0.4) is 0 Å². The number of nitrogens with zero attached hydrogens (tertiary/aromatic N) is 1. The highest BCUT2D eigenvalue weighted by molar-refractivity contribution is 6.33. The first-order chi connectivity index (χ1) is 10.0. The average molecular weight is 312 g/mol. The Balaban J connectivity index is 1.80. The molecular weight excluding hydrogens is 297 g/mol. The first-order valence-corrected chi connectivity index (χ1v) is 7.32. The lowest BCUT2D eigenvalue weighted by atomic mass is 9.87. The minimum atomic E-state index is -0.726. The van der Waals surface area contributed by atoms with E-state index in [1.165, 1.54) is 23.1 Å². The zero-order valence-electron chi connectivity index (χ0n) is 11.4. The molecule has 2 fully saturated rings. The fourth-order valence-electron chi connectivity index (χ4n) is 3.00. The standard InChI is InChI=1S/C15H15ClFNO3/c16-10-3-1-4-11(17)13(10)14(20)18-7-6-15(12(19)9-18)5-2-8-21-15/h1,3-4H,2,5-9H2/t15-/m1/s1. The quantitative estimate of drug-likeness (QED) is 0.800. The topological polar surface area (TPSA) is 46.6 Å². The third kappa shape index (κ3) is 2.45. The zero-order chi connectivity index (χ0) is 15.0. The highest BCUT2D eigenvalue weighted by Crippen LogP contribution is 2.34. The van der Waals surface area contributed by atoms with E-state index in [9.17, 15) is 14.0 Å². The fraction of sp³-hybridized carbons (Fsp3) is 0.467. The number of Topliss-reactive ketones (excluding diaryl/α,β-unsaturated/α-hetero) is 1. The van der Waals surface area contributed by atoms with Crippen molar-refractivity contribution in [2.45, 2.75) is 24.9 Å². The molecular formula is C15H15ClFNO3. The first-order valence-electron chi connectivity index (χ1n) is 6.94. The van der Waals surface area contributed by atoms with Crippen LogP contribution in [0.4, 0.5) is 4.39 Å². The molecule has 0 unspecified atom stereocenters. The van der Waals surface area contributed by atoms with Crippen molar-refractivity contribution in [3.05, 3.63) is 34.6 Å². The fourth-order valence-corrected chi connectivity index (χ4v) is 3.24. The average Bonchev–Trinajstić information content (AvgIpc) is 2.91. The highest BCUT2D eigenvalue weighted by atomic mass is 35.5. The van der Waals surface area contributed by atoms with Crippen LogP contribution in [0.1, 0.15) is 29.6 Å². The molecule has 0 N–H and O–H groups in total. The summed E-state index contributed by atoms with van der Waals surface area (Å²) in [6.45, 7) is 0.900. The maximum Gasteiger partial charge on any atom is 0.258 e. The Morgan fingerprint density at radius 1 is 1.38 bits per heavy atom. The summed E-state index contributed by atoms with van der Waals surface area (Å²) >= 11 is 5.90. The molecule has 6 heteroatoms. The van der Waals surface area contributed by atoms with Gasteiger partial charge < -0.3 is 9.64 Å². The summed E-state index contributed by atoms with van der Waals surface area (Å²) in [5.41, 5.74) is -0.897. The van der Waals surface area contributed by atoms with Crippen LogP contribution in [0.5, 0.6) is 0 Å². The number of amides is 1. The summed E-state index contributed by atoms with van der Waals surface area (Å²) in [5, 5.41) is 0.0600. The van der Waals surface area contributed by atoms with Crippen molar-refractivity contribution in [2.75, 3.05) is 19.7 Å². The van der Waals surface area contributed by atoms with E-state index in [1.807, 2.05) is 0 Å². The monoisotopic (exact) mass is 311 g/mol. The number of hydrogen-bond acceptors (Lipinski definition) is 3. The Morgan fingerprint density at radius 3 is 2.81 bits per heavy atom. The number of carbonyl (C=O) groups excluding carboxylic acids is 2. The summed E-state index contributed by atoms with van der Waals surface area (Å²) in [6.07, 6.45) is 2.02. The van der Waals surface area contributed by atoms with E-state index in [4.69, 9.17) is 16.3 Å². The lowest BCUT2D eigenvalue weighted by Gasteiger charge is -2.37. The summed E-state index contributed by atoms with van der Waals surface area (Å²) in [4.78, 5) is 26.0. The number of piperidine rings is 1. The smallest absolute Gasteiger partial charge is 0.258 e. The maximum atomic E-state index is 13.8. The van der Waals surface area contributed by atoms with Crippen molar-refractivity contribution in [1.29, 1.82) is 0 Å². The van der Waals surface area contributed by atoms with Gasteiger partial charge in [0.25, 0.3) is 5.91 Å². The number of rotatable bonds is 1. The third-order valence-corrected chi connectivity index (χ3v) is 4.51. The van der Waals surface area contributed by atoms with E-state index in [1.54, 1.807) is 0 Å². The number of hydrogen-bond donors (Lipinski definition) is 0. The zero-order valence-corrected chi connectivity index (χ0v) is 12.2. The van der Waals surface area contributed by atoms with Gasteiger partial charge in [-0.2, -0.15) is 0 Å². The molecule has 0 bridgehead atoms. The normalized spacial score (nSPS) is 25.6. The van der Waals surface area contributed by atoms with Crippen molar-refractivity contribution in [3.63, 3.8) is 0 Å². The summed E-state index contributed by atoms with van der Waals surface area (Å²) < 4.78 is 19.4. The van der Waals surface area contributed by atoms with Gasteiger partial charge in [-0.25, -0.2) is 4.39 Å². The molecule has 1 atom stereocenters. The van der Waals surface area contributed by atoms with Gasteiger partial charge in [0.2, 0.25) is 0 Å². The number of carbonyl (C=O) groups is 2. The Labute approximate surface area is 126 Å². The first kappa shape index (κ1) is 14.5. The summed E-state index contributed by atoms with van der Waals surface area (Å²) in [7, 11) is 0. The predicted molar refractivity (Wildman–Crippen MR) is 74.9 cm³/mol. The second-order valence-corrected chi connectivity index (χ2v) is 5.85. The third-order valence-electron chi connectivity index (χ3n) is 4.20. The molecule has 2 heterocycles. The van der Waals surface area contributed by atoms with Gasteiger partial charge in [-0.05, 0) is 25.0 Å². The van der Waals surface area contributed by atoms with Gasteiger partial charge in [0.15, 0.2) is 5.78 Å². The van der Waals surface area contributed by atoms with Crippen LogP contribution in [0.15, 0.2) is 18.2 Å². The Kier molecular flexibility index (Phi) is 3.71. The van der Waals surface area contributed by atoms with E-state index < -0.39 is 17.3 Å². The van der Waals surface area contributed by atoms with Crippen LogP contribution in [-0.4, -0.2) is 41.9 Å². The number of benzene rings is 1. The van der Waals surface area contributed by atoms with Gasteiger partial charge in [0, 0.05) is 19.6 Å². The molecule has 21 heavy (non-hydrogen) atoms. The summed E-state index contributed by atoms with van der Waals surface area (Å²) in [6, 6.07) is 4.09. The van der Waals surface area contributed by atoms with E-state index >= 15 is 0 Å². The molecule has 1 aromatic carbocycles. The van der Waals surface area contributed by atoms with Crippen molar-refractivity contribution in [3.8, 4) is 0 Å². The van der Waals surface area contributed by atoms with Gasteiger partial charge in [0.1, 0.15) is 11.4 Å². The predicted octanol–water partition coefficient (Wildman–Crippen LogP) is 2.44. The van der Waals surface area contributed by atoms with E-state index in [0.29, 0.717) is 26.0 Å². The molecule has 0 saturated carbocycles. The molecule has 1 spiro atoms. The molecule has 112 valence electrons. The second kappa shape index (κ2) is 5.39. The molecule has 3 rings (SSSR count). The Bertz CT molecular complexity index is 578. The van der Waals surface area contributed by atoms with Crippen molar-refractivity contribution >= 4 is 23.3 Å². The van der Waals surface area contributed by atoms with E-state index in [-0.39, 0.29) is 22.9 Å². The van der Waals surface area contributed by atoms with Gasteiger partial charge in [-0.3, -0.25) is 9.59 Å². The van der Waals surface area contributed by atoms with Crippen LogP contribution >= 0.6 is 11.6 Å². The lowest BCUT2D eigenvalue weighted by molar-refractivity contribution is -0.144. The maximum absolute atomic E-state index is 13.8. The van der Waals surface area contributed by atoms with Crippen LogP contribution < -0.4 is 0 Å². The molecule has 1 amide bonds. The van der Waals surface area contributed by atoms with Gasteiger partial charge >= 0.3 is 0 Å². The molecule has 0 aliphatic carbocycles. The van der Waals surface area contributed by atoms with Crippen LogP contribution in [0.25, 0.3) is 0 Å².